The van der Waals surface area contributed by atoms with Crippen molar-refractivity contribution in [3.05, 3.63) is 107 Å². The zero-order valence-electron chi connectivity index (χ0n) is 34.8. The molecule has 16 heteroatoms. The Kier molecular flexibility index (Phi) is 18.5. The second-order valence-corrected chi connectivity index (χ2v) is 18.0. The fraction of sp³-hybridized carbons (Fsp3) is 0.477. The van der Waals surface area contributed by atoms with Crippen molar-refractivity contribution in [3.8, 4) is 0 Å². The summed E-state index contributed by atoms with van der Waals surface area (Å²) in [6.07, 6.45) is 13.8. The van der Waals surface area contributed by atoms with Crippen LogP contribution in [0, 0.1) is 0 Å². The number of nitrogens with one attached hydrogen (secondary N) is 2. The second-order valence-electron chi connectivity index (χ2n) is 16.0. The molecule has 6 N–H and O–H groups in total. The average Bonchev–Trinajstić information content (AvgIpc) is 3.53. The molecule has 0 spiro atoms. The van der Waals surface area contributed by atoms with Crippen LogP contribution in [-0.2, 0) is 55.4 Å². The smallest absolute Gasteiger partial charge is 0.226 e. The monoisotopic (exact) mass is 867 g/mol. The predicted molar refractivity (Wildman–Crippen MR) is 232 cm³/mol. The lowest BCUT2D eigenvalue weighted by Gasteiger charge is -2.27. The van der Waals surface area contributed by atoms with Gasteiger partial charge in [0.1, 0.15) is 19.0 Å². The Morgan fingerprint density at radius 1 is 0.800 bits per heavy atom. The number of allylic oxidation sites excluding steroid dienone is 8. The highest BCUT2D eigenvalue weighted by Gasteiger charge is 2.44. The number of rotatable bonds is 24. The van der Waals surface area contributed by atoms with E-state index in [4.69, 9.17) is 10.2 Å². The number of Topliss-reactive ketones (excluding diaryl/α,β-unsaturated/α-hetero) is 1. The Morgan fingerprint density at radius 3 is 2.10 bits per heavy atom. The quantitative estimate of drug-likeness (QED) is 0.0295. The third-order valence-electron chi connectivity index (χ3n) is 10.7. The average molecular weight is 868 g/mol. The molecule has 0 fully saturated rings. The van der Waals surface area contributed by atoms with Gasteiger partial charge in [0.25, 0.3) is 0 Å². The lowest BCUT2D eigenvalue weighted by Crippen LogP contribution is -2.38. The number of fused-ring (bicyclic) bond motifs is 2. The highest BCUT2D eigenvalue weighted by molar-refractivity contribution is 7.79. The van der Waals surface area contributed by atoms with E-state index in [1.165, 1.54) is 0 Å². The van der Waals surface area contributed by atoms with E-state index in [1.807, 2.05) is 72.9 Å². The van der Waals surface area contributed by atoms with Gasteiger partial charge in [-0.3, -0.25) is 23.3 Å². The number of nitrogens with zero attached hydrogens (tertiary/aromatic N) is 2. The lowest BCUT2D eigenvalue weighted by atomic mass is 9.80. The lowest BCUT2D eigenvalue weighted by molar-refractivity contribution is -0.438. The Hall–Kier alpha value is -3.97. The van der Waals surface area contributed by atoms with Crippen LogP contribution in [0.1, 0.15) is 75.6 Å². The zero-order chi connectivity index (χ0) is 44.0. The van der Waals surface area contributed by atoms with Crippen LogP contribution in [0.4, 0.5) is 11.4 Å². The molecular formula is C44H59N4O10S2-. The maximum absolute atomic E-state index is 12.6. The molecule has 0 aliphatic carbocycles. The molecule has 2 heterocycles. The van der Waals surface area contributed by atoms with Crippen LogP contribution in [-0.4, -0.2) is 117 Å². The number of anilines is 1. The molecule has 1 amide bonds. The third kappa shape index (κ3) is 13.3. The highest BCUT2D eigenvalue weighted by atomic mass is 32.2. The molecule has 14 nitrogen and oxygen atoms in total. The van der Waals surface area contributed by atoms with Gasteiger partial charge >= 0.3 is 0 Å². The number of hydrogen-bond acceptors (Lipinski definition) is 12. The summed E-state index contributed by atoms with van der Waals surface area (Å²) in [5.41, 5.74) is 6.73. The Balaban J connectivity index is 1.55. The van der Waals surface area contributed by atoms with Gasteiger partial charge in [-0.15, -0.1) is 0 Å². The van der Waals surface area contributed by atoms with Crippen LogP contribution in [0.5, 0.6) is 0 Å². The van der Waals surface area contributed by atoms with E-state index >= 15 is 0 Å². The maximum atomic E-state index is 12.6. The van der Waals surface area contributed by atoms with Crippen molar-refractivity contribution in [1.29, 1.82) is 0 Å². The SMILES string of the molecule is CC1(C)C(=CC=CC=CC=CC2=[N+](CCCCS(=O)[O-])c3ccc(CC(=O)CNC(O)CO)cc3C2(C)C)N(CCCCS(=O)[O-])c2ccc(CC(=O)NC(O)CO)cc21. The second kappa shape index (κ2) is 22.8. The molecular weight excluding hydrogens is 809 g/mol. The number of benzene rings is 2. The predicted octanol–water partition coefficient (Wildman–Crippen LogP) is 2.71. The van der Waals surface area contributed by atoms with E-state index in [-0.39, 0.29) is 36.7 Å². The maximum Gasteiger partial charge on any atom is 0.226 e. The molecule has 60 heavy (non-hydrogen) atoms. The van der Waals surface area contributed by atoms with Gasteiger partial charge in [0.05, 0.1) is 31.6 Å². The first kappa shape index (κ1) is 48.7. The van der Waals surface area contributed by atoms with Gasteiger partial charge in [-0.25, -0.2) is 0 Å². The fourth-order valence-corrected chi connectivity index (χ4v) is 8.55. The minimum Gasteiger partial charge on any atom is -0.772 e. The molecule has 4 rings (SSSR count). The summed E-state index contributed by atoms with van der Waals surface area (Å²) in [7, 11) is 0. The molecule has 0 radical (unpaired) electrons. The number of ketones is 1. The number of hydrogen-bond donors (Lipinski definition) is 6. The first-order valence-corrected chi connectivity index (χ1v) is 22.6. The summed E-state index contributed by atoms with van der Waals surface area (Å²) in [5, 5.41) is 42.3. The fourth-order valence-electron chi connectivity index (χ4n) is 7.67. The van der Waals surface area contributed by atoms with Crippen LogP contribution >= 0.6 is 0 Å². The molecule has 2 aromatic rings. The minimum atomic E-state index is -2.12. The summed E-state index contributed by atoms with van der Waals surface area (Å²) < 4.78 is 47.0. The third-order valence-corrected chi connectivity index (χ3v) is 12.0. The molecule has 0 bridgehead atoms. The van der Waals surface area contributed by atoms with Crippen LogP contribution in [0.25, 0.3) is 0 Å². The van der Waals surface area contributed by atoms with Gasteiger partial charge in [-0.2, -0.15) is 4.58 Å². The molecule has 0 saturated carbocycles. The Morgan fingerprint density at radius 2 is 1.42 bits per heavy atom. The number of carbonyl (C=O) groups is 2. The first-order valence-electron chi connectivity index (χ1n) is 20.1. The van der Waals surface area contributed by atoms with E-state index in [0.717, 1.165) is 45.0 Å². The highest BCUT2D eigenvalue weighted by Crippen LogP contribution is 2.48. The van der Waals surface area contributed by atoms with Crippen LogP contribution in [0.15, 0.2) is 84.6 Å². The van der Waals surface area contributed by atoms with Crippen molar-refractivity contribution in [3.63, 3.8) is 0 Å². The van der Waals surface area contributed by atoms with Crippen LogP contribution < -0.4 is 15.5 Å². The van der Waals surface area contributed by atoms with E-state index in [1.54, 1.807) is 0 Å². The molecule has 2 aliphatic heterocycles. The van der Waals surface area contributed by atoms with Gasteiger partial charge in [-0.1, -0.05) is 84.6 Å². The Bertz CT molecular complexity index is 2040. The topological polar surface area (TPSA) is 226 Å². The molecule has 2 aliphatic rings. The van der Waals surface area contributed by atoms with E-state index in [2.05, 4.69) is 53.9 Å². The zero-order valence-corrected chi connectivity index (χ0v) is 36.4. The minimum absolute atomic E-state index is 0.0237. The molecule has 0 saturated heterocycles. The standard InChI is InChI=1S/C44H60N4O10S2/c1-43(2)34-25-31(24-33(51)28-45-41(53)29-49)16-18-36(34)47(20-10-12-22-59(55)56)38(43)14-8-6-5-7-9-15-39-44(3,4)35-26-32(27-40(52)46-42(54)30-50)17-19-37(35)48(39)21-11-13-23-60(57)58/h5-9,14-19,25-26,41-42,45,49-50,53-54H,10-13,20-24,27-30H2,1-4H3,(H2-,46,52,55,56,57,58)/p-1. The summed E-state index contributed by atoms with van der Waals surface area (Å²) in [5.74, 6) is -0.378. The summed E-state index contributed by atoms with van der Waals surface area (Å²) in [6, 6.07) is 11.7. The van der Waals surface area contributed by atoms with Gasteiger partial charge < -0.3 is 39.7 Å². The van der Waals surface area contributed by atoms with E-state index in [0.29, 0.717) is 38.8 Å². The molecule has 2 aromatic carbocycles. The molecule has 4 unspecified atom stereocenters. The van der Waals surface area contributed by atoms with Gasteiger partial charge in [0.2, 0.25) is 11.6 Å². The number of carbonyl (C=O) groups excluding carboxylic acids is 2. The molecule has 328 valence electrons. The van der Waals surface area contributed by atoms with Gasteiger partial charge in [0.15, 0.2) is 11.5 Å². The van der Waals surface area contributed by atoms with Gasteiger partial charge in [0, 0.05) is 65.4 Å². The Labute approximate surface area is 358 Å². The van der Waals surface area contributed by atoms with Crippen molar-refractivity contribution in [2.45, 2.75) is 89.5 Å². The van der Waals surface area contributed by atoms with Crippen molar-refractivity contribution in [2.75, 3.05) is 49.3 Å². The van der Waals surface area contributed by atoms with E-state index < -0.39 is 64.6 Å². The number of aliphatic hydroxyl groups excluding tert-OH is 4. The number of amides is 1. The number of aliphatic hydroxyl groups is 4. The summed E-state index contributed by atoms with van der Waals surface area (Å²) in [4.78, 5) is 27.3. The van der Waals surface area contributed by atoms with Gasteiger partial charge in [-0.05, 0) is 68.0 Å². The normalized spacial score (nSPS) is 18.4. The first-order chi connectivity index (χ1) is 28.5. The van der Waals surface area contributed by atoms with Crippen molar-refractivity contribution in [2.24, 2.45) is 0 Å². The molecule has 0 aromatic heterocycles. The van der Waals surface area contributed by atoms with Crippen LogP contribution in [0.3, 0.4) is 0 Å². The van der Waals surface area contributed by atoms with Crippen molar-refractivity contribution in [1.82, 2.24) is 10.6 Å². The van der Waals surface area contributed by atoms with Crippen molar-refractivity contribution < 1.29 is 52.1 Å². The summed E-state index contributed by atoms with van der Waals surface area (Å²) in [6.45, 7) is 8.49. The van der Waals surface area contributed by atoms with Crippen molar-refractivity contribution >= 4 is 50.9 Å². The largest absolute Gasteiger partial charge is 0.772 e. The van der Waals surface area contributed by atoms with E-state index in [9.17, 15) is 37.3 Å². The molecule has 4 atom stereocenters. The summed E-state index contributed by atoms with van der Waals surface area (Å²) >= 11 is -4.23. The van der Waals surface area contributed by atoms with Crippen LogP contribution in [0.2, 0.25) is 0 Å². The number of unbranched alkanes of at least 4 members (excludes halogenated alkanes) is 2.